The molecule has 0 aliphatic heterocycles. The lowest BCUT2D eigenvalue weighted by atomic mass is 10.3. The maximum Gasteiger partial charge on any atom is 0.0548 e. The standard InChI is InChI=1S/C6H10OS2/c1-3-5-6(4-2)9(7)8/h3-4,6H,1-2,5H2,(H,7,8). The summed E-state index contributed by atoms with van der Waals surface area (Å²) in [5, 5.41) is 0.0116. The van der Waals surface area contributed by atoms with Gasteiger partial charge >= 0.3 is 0 Å². The van der Waals surface area contributed by atoms with Gasteiger partial charge in [0.2, 0.25) is 0 Å². The molecule has 0 radical (unpaired) electrons. The summed E-state index contributed by atoms with van der Waals surface area (Å²) in [5.74, 6) is 0. The molecule has 0 saturated heterocycles. The summed E-state index contributed by atoms with van der Waals surface area (Å²) in [7, 11) is -0.959. The van der Waals surface area contributed by atoms with Crippen molar-refractivity contribution in [3.8, 4) is 0 Å². The summed E-state index contributed by atoms with van der Waals surface area (Å²) in [4.78, 5) is 0. The van der Waals surface area contributed by atoms with Crippen molar-refractivity contribution < 1.29 is 4.55 Å². The zero-order valence-corrected chi connectivity index (χ0v) is 6.75. The van der Waals surface area contributed by atoms with E-state index in [-0.39, 0.29) is 5.25 Å². The minimum Gasteiger partial charge on any atom is -0.327 e. The highest BCUT2D eigenvalue weighted by atomic mass is 32.8. The fourth-order valence-corrected chi connectivity index (χ4v) is 1.36. The molecule has 0 heterocycles. The second-order valence-electron chi connectivity index (χ2n) is 1.57. The lowest BCUT2D eigenvalue weighted by molar-refractivity contribution is 0.648. The molecule has 0 fully saturated rings. The van der Waals surface area contributed by atoms with Gasteiger partial charge in [0.05, 0.1) is 5.25 Å². The Morgan fingerprint density at radius 1 is 1.67 bits per heavy atom. The third-order valence-corrected chi connectivity index (χ3v) is 2.57. The Labute approximate surface area is 62.9 Å². The number of hydrogen-bond acceptors (Lipinski definition) is 1. The van der Waals surface area contributed by atoms with Gasteiger partial charge in [-0.2, -0.15) is 0 Å². The van der Waals surface area contributed by atoms with Crippen LogP contribution in [0, 0.1) is 0 Å². The predicted molar refractivity (Wildman–Crippen MR) is 46.2 cm³/mol. The van der Waals surface area contributed by atoms with E-state index in [0.717, 1.165) is 0 Å². The van der Waals surface area contributed by atoms with Gasteiger partial charge < -0.3 is 4.55 Å². The molecule has 0 rings (SSSR count). The Bertz CT molecular complexity index is 131. The van der Waals surface area contributed by atoms with Crippen LogP contribution in [0.2, 0.25) is 0 Å². The average Bonchev–Trinajstić information content (AvgIpc) is 1.82. The Morgan fingerprint density at radius 2 is 2.22 bits per heavy atom. The number of allylic oxidation sites excluding steroid dienone is 1. The van der Waals surface area contributed by atoms with E-state index < -0.39 is 9.74 Å². The van der Waals surface area contributed by atoms with Crippen LogP contribution in [0.25, 0.3) is 0 Å². The van der Waals surface area contributed by atoms with Crippen molar-refractivity contribution in [3.63, 3.8) is 0 Å². The zero-order chi connectivity index (χ0) is 7.28. The van der Waals surface area contributed by atoms with Gasteiger partial charge in [0, 0.05) is 9.74 Å². The Hall–Kier alpha value is 0.01000. The van der Waals surface area contributed by atoms with Crippen molar-refractivity contribution in [2.75, 3.05) is 0 Å². The molecule has 0 aliphatic carbocycles. The lowest BCUT2D eigenvalue weighted by Gasteiger charge is -2.04. The van der Waals surface area contributed by atoms with Crippen LogP contribution in [0.1, 0.15) is 6.42 Å². The first kappa shape index (κ1) is 9.01. The van der Waals surface area contributed by atoms with E-state index in [1.54, 1.807) is 12.2 Å². The Kier molecular flexibility index (Phi) is 4.85. The molecule has 0 aliphatic rings. The van der Waals surface area contributed by atoms with E-state index in [4.69, 9.17) is 4.55 Å². The van der Waals surface area contributed by atoms with E-state index in [1.807, 2.05) is 0 Å². The third-order valence-electron chi connectivity index (χ3n) is 0.921. The summed E-state index contributed by atoms with van der Waals surface area (Å²) in [5.41, 5.74) is 0. The summed E-state index contributed by atoms with van der Waals surface area (Å²) in [6.45, 7) is 7.06. The van der Waals surface area contributed by atoms with Crippen LogP contribution < -0.4 is 0 Å². The number of hydrogen-bond donors (Lipinski definition) is 1. The SMILES string of the molecule is C=CCC(C=C)S(O)=S. The van der Waals surface area contributed by atoms with E-state index in [1.165, 1.54) is 0 Å². The van der Waals surface area contributed by atoms with Crippen molar-refractivity contribution in [2.45, 2.75) is 11.7 Å². The lowest BCUT2D eigenvalue weighted by Crippen LogP contribution is -2.07. The van der Waals surface area contributed by atoms with Gasteiger partial charge in [0.25, 0.3) is 0 Å². The molecule has 2 unspecified atom stereocenters. The molecule has 0 saturated carbocycles. The van der Waals surface area contributed by atoms with Gasteiger partial charge in [0.1, 0.15) is 0 Å². The van der Waals surface area contributed by atoms with Crippen LogP contribution in [0.15, 0.2) is 25.3 Å². The Balaban J connectivity index is 3.81. The fraction of sp³-hybridized carbons (Fsp3) is 0.333. The highest BCUT2D eigenvalue weighted by molar-refractivity contribution is 8.26. The number of rotatable bonds is 4. The molecule has 0 bridgehead atoms. The molecule has 2 atom stereocenters. The molecule has 0 aromatic heterocycles. The van der Waals surface area contributed by atoms with Gasteiger partial charge in [-0.25, -0.2) is 0 Å². The van der Waals surface area contributed by atoms with Crippen LogP contribution >= 0.6 is 0 Å². The summed E-state index contributed by atoms with van der Waals surface area (Å²) in [6.07, 6.45) is 4.11. The van der Waals surface area contributed by atoms with Crippen molar-refractivity contribution in [1.82, 2.24) is 0 Å². The molecule has 3 heteroatoms. The largest absolute Gasteiger partial charge is 0.327 e. The first-order valence-electron chi connectivity index (χ1n) is 2.55. The molecule has 0 aromatic rings. The van der Waals surface area contributed by atoms with E-state index >= 15 is 0 Å². The van der Waals surface area contributed by atoms with E-state index in [9.17, 15) is 0 Å². The van der Waals surface area contributed by atoms with Gasteiger partial charge in [-0.15, -0.1) is 13.2 Å². The van der Waals surface area contributed by atoms with E-state index in [0.29, 0.717) is 6.42 Å². The molecule has 0 spiro atoms. The first-order valence-corrected chi connectivity index (χ1v) is 4.72. The Morgan fingerprint density at radius 3 is 2.33 bits per heavy atom. The molecule has 0 aromatic carbocycles. The normalized spacial score (nSPS) is 16.1. The molecule has 0 amide bonds. The monoisotopic (exact) mass is 162 g/mol. The smallest absolute Gasteiger partial charge is 0.0548 e. The van der Waals surface area contributed by atoms with Crippen molar-refractivity contribution >= 4 is 20.9 Å². The van der Waals surface area contributed by atoms with Crippen LogP contribution in [0.3, 0.4) is 0 Å². The molecule has 1 N–H and O–H groups in total. The molecule has 52 valence electrons. The molecular formula is C6H10OS2. The van der Waals surface area contributed by atoms with Gasteiger partial charge in [-0.1, -0.05) is 12.2 Å². The molecular weight excluding hydrogens is 152 g/mol. The second-order valence-corrected chi connectivity index (χ2v) is 3.76. The maximum atomic E-state index is 8.87. The predicted octanol–water partition coefficient (Wildman–Crippen LogP) is 1.67. The zero-order valence-electron chi connectivity index (χ0n) is 5.12. The third kappa shape index (κ3) is 3.56. The topological polar surface area (TPSA) is 20.2 Å². The highest BCUT2D eigenvalue weighted by Gasteiger charge is 2.02. The van der Waals surface area contributed by atoms with Gasteiger partial charge in [0.15, 0.2) is 0 Å². The fourth-order valence-electron chi connectivity index (χ4n) is 0.425. The van der Waals surface area contributed by atoms with E-state index in [2.05, 4.69) is 24.3 Å². The highest BCUT2D eigenvalue weighted by Crippen LogP contribution is 2.01. The van der Waals surface area contributed by atoms with Gasteiger partial charge in [-0.05, 0) is 17.6 Å². The van der Waals surface area contributed by atoms with Crippen LogP contribution in [-0.2, 0) is 20.9 Å². The van der Waals surface area contributed by atoms with Crippen molar-refractivity contribution in [2.24, 2.45) is 0 Å². The van der Waals surface area contributed by atoms with Crippen LogP contribution in [-0.4, -0.2) is 9.80 Å². The van der Waals surface area contributed by atoms with Crippen LogP contribution in [0.4, 0.5) is 0 Å². The minimum absolute atomic E-state index is 0.0116. The van der Waals surface area contributed by atoms with Crippen LogP contribution in [0.5, 0.6) is 0 Å². The van der Waals surface area contributed by atoms with Gasteiger partial charge in [-0.3, -0.25) is 0 Å². The summed E-state index contributed by atoms with van der Waals surface area (Å²) < 4.78 is 8.87. The summed E-state index contributed by atoms with van der Waals surface area (Å²) in [6, 6.07) is 0. The quantitative estimate of drug-likeness (QED) is 0.635. The first-order chi connectivity index (χ1) is 4.22. The molecule has 9 heavy (non-hydrogen) atoms. The molecule has 1 nitrogen and oxygen atoms in total. The maximum absolute atomic E-state index is 8.87. The average molecular weight is 162 g/mol. The van der Waals surface area contributed by atoms with Crippen molar-refractivity contribution in [1.29, 1.82) is 0 Å². The minimum atomic E-state index is -0.959. The summed E-state index contributed by atoms with van der Waals surface area (Å²) >= 11 is 4.63. The second kappa shape index (κ2) is 4.85. The van der Waals surface area contributed by atoms with Crippen molar-refractivity contribution in [3.05, 3.63) is 25.3 Å².